The summed E-state index contributed by atoms with van der Waals surface area (Å²) in [4.78, 5) is 0. The lowest BCUT2D eigenvalue weighted by Crippen LogP contribution is -2.00. The Labute approximate surface area is 112 Å². The Kier molecular flexibility index (Phi) is 3.10. The molecule has 1 heterocycles. The molecule has 0 radical (unpaired) electrons. The lowest BCUT2D eigenvalue weighted by molar-refractivity contribution is 0.152. The quantitative estimate of drug-likeness (QED) is 0.763. The Balaban J connectivity index is 1.83. The van der Waals surface area contributed by atoms with Gasteiger partial charge in [0.25, 0.3) is 0 Å². The molecule has 2 nitrogen and oxygen atoms in total. The second-order valence-electron chi connectivity index (χ2n) is 4.89. The fourth-order valence-electron chi connectivity index (χ4n) is 2.21. The van der Waals surface area contributed by atoms with Gasteiger partial charge in [0.05, 0.1) is 0 Å². The van der Waals surface area contributed by atoms with Crippen LogP contribution in [0.25, 0.3) is 11.0 Å². The third-order valence-electron chi connectivity index (χ3n) is 3.32. The summed E-state index contributed by atoms with van der Waals surface area (Å²) in [6.45, 7) is 2.06. The van der Waals surface area contributed by atoms with E-state index in [9.17, 15) is 5.11 Å². The number of para-hydroxylation sites is 1. The van der Waals surface area contributed by atoms with Gasteiger partial charge in [-0.05, 0) is 24.6 Å². The molecule has 3 rings (SSSR count). The SMILES string of the molecule is Cc1ccc(CC(O)c2cc3ccccc3o2)cc1. The number of aryl methyl sites for hydroxylation is 1. The molecule has 2 heteroatoms. The van der Waals surface area contributed by atoms with Crippen LogP contribution in [0, 0.1) is 6.92 Å². The molecule has 1 unspecified atom stereocenters. The third-order valence-corrected chi connectivity index (χ3v) is 3.32. The van der Waals surface area contributed by atoms with Crippen LogP contribution in [0.1, 0.15) is 23.0 Å². The summed E-state index contributed by atoms with van der Waals surface area (Å²) in [5.41, 5.74) is 3.15. The highest BCUT2D eigenvalue weighted by atomic mass is 16.4. The van der Waals surface area contributed by atoms with E-state index in [1.165, 1.54) is 5.56 Å². The predicted octanol–water partition coefficient (Wildman–Crippen LogP) is 4.02. The summed E-state index contributed by atoms with van der Waals surface area (Å²) in [5.74, 6) is 0.627. The van der Waals surface area contributed by atoms with E-state index < -0.39 is 6.10 Å². The fourth-order valence-corrected chi connectivity index (χ4v) is 2.21. The van der Waals surface area contributed by atoms with Gasteiger partial charge in [-0.25, -0.2) is 0 Å². The molecule has 0 saturated carbocycles. The Hall–Kier alpha value is -2.06. The second kappa shape index (κ2) is 4.90. The molecule has 3 aromatic rings. The molecule has 1 atom stereocenters. The standard InChI is InChI=1S/C17H16O2/c1-12-6-8-13(9-7-12)10-15(18)17-11-14-4-2-3-5-16(14)19-17/h2-9,11,15,18H,10H2,1H3. The summed E-state index contributed by atoms with van der Waals surface area (Å²) in [6, 6.07) is 17.9. The van der Waals surface area contributed by atoms with E-state index >= 15 is 0 Å². The monoisotopic (exact) mass is 252 g/mol. The van der Waals surface area contributed by atoms with E-state index in [-0.39, 0.29) is 0 Å². The molecule has 1 aromatic heterocycles. The molecule has 2 aromatic carbocycles. The van der Waals surface area contributed by atoms with Crippen molar-refractivity contribution in [2.24, 2.45) is 0 Å². The lowest BCUT2D eigenvalue weighted by Gasteiger charge is -2.07. The fraction of sp³-hybridized carbons (Fsp3) is 0.176. The van der Waals surface area contributed by atoms with Crippen molar-refractivity contribution in [3.8, 4) is 0 Å². The van der Waals surface area contributed by atoms with Gasteiger partial charge in [-0.3, -0.25) is 0 Å². The highest BCUT2D eigenvalue weighted by molar-refractivity contribution is 5.77. The number of aliphatic hydroxyl groups is 1. The average Bonchev–Trinajstić information content (AvgIpc) is 2.85. The molecular weight excluding hydrogens is 236 g/mol. The first kappa shape index (κ1) is 12.0. The molecular formula is C17H16O2. The first-order valence-electron chi connectivity index (χ1n) is 6.44. The molecule has 1 N–H and O–H groups in total. The van der Waals surface area contributed by atoms with Gasteiger partial charge in [0.15, 0.2) is 0 Å². The van der Waals surface area contributed by atoms with Gasteiger partial charge in [0.1, 0.15) is 17.4 Å². The summed E-state index contributed by atoms with van der Waals surface area (Å²) in [7, 11) is 0. The van der Waals surface area contributed by atoms with Crippen molar-refractivity contribution in [3.05, 3.63) is 71.5 Å². The average molecular weight is 252 g/mol. The van der Waals surface area contributed by atoms with Crippen molar-refractivity contribution in [1.29, 1.82) is 0 Å². The minimum absolute atomic E-state index is 0.570. The number of aliphatic hydroxyl groups excluding tert-OH is 1. The van der Waals surface area contributed by atoms with Crippen LogP contribution in [0.5, 0.6) is 0 Å². The lowest BCUT2D eigenvalue weighted by atomic mass is 10.0. The zero-order valence-electron chi connectivity index (χ0n) is 10.8. The number of benzene rings is 2. The second-order valence-corrected chi connectivity index (χ2v) is 4.89. The van der Waals surface area contributed by atoms with E-state index in [1.54, 1.807) is 0 Å². The van der Waals surface area contributed by atoms with Crippen LogP contribution in [0.2, 0.25) is 0 Å². The highest BCUT2D eigenvalue weighted by Crippen LogP contribution is 2.26. The van der Waals surface area contributed by atoms with Crippen molar-refractivity contribution in [1.82, 2.24) is 0 Å². The highest BCUT2D eigenvalue weighted by Gasteiger charge is 2.13. The van der Waals surface area contributed by atoms with E-state index in [1.807, 2.05) is 42.5 Å². The van der Waals surface area contributed by atoms with Crippen LogP contribution >= 0.6 is 0 Å². The number of rotatable bonds is 3. The Bertz CT molecular complexity index is 647. The molecule has 96 valence electrons. The number of hydrogen-bond acceptors (Lipinski definition) is 2. The molecule has 0 bridgehead atoms. The zero-order chi connectivity index (χ0) is 13.2. The summed E-state index contributed by atoms with van der Waals surface area (Å²) in [5, 5.41) is 11.3. The van der Waals surface area contributed by atoms with Gasteiger partial charge < -0.3 is 9.52 Å². The first-order chi connectivity index (χ1) is 9.22. The van der Waals surface area contributed by atoms with Crippen molar-refractivity contribution < 1.29 is 9.52 Å². The zero-order valence-corrected chi connectivity index (χ0v) is 10.8. The van der Waals surface area contributed by atoms with Gasteiger partial charge in [-0.2, -0.15) is 0 Å². The van der Waals surface area contributed by atoms with E-state index in [2.05, 4.69) is 19.1 Å². The van der Waals surface area contributed by atoms with Crippen LogP contribution in [-0.4, -0.2) is 5.11 Å². The molecule has 0 aliphatic rings. The summed E-state index contributed by atoms with van der Waals surface area (Å²) >= 11 is 0. The van der Waals surface area contributed by atoms with Crippen molar-refractivity contribution in [3.63, 3.8) is 0 Å². The predicted molar refractivity (Wildman–Crippen MR) is 76.1 cm³/mol. The van der Waals surface area contributed by atoms with Crippen LogP contribution in [0.3, 0.4) is 0 Å². The minimum atomic E-state index is -0.602. The van der Waals surface area contributed by atoms with Crippen LogP contribution in [0.15, 0.2) is 59.0 Å². The number of fused-ring (bicyclic) bond motifs is 1. The Morgan fingerprint density at radius 2 is 1.79 bits per heavy atom. The number of hydrogen-bond donors (Lipinski definition) is 1. The molecule has 0 spiro atoms. The molecule has 19 heavy (non-hydrogen) atoms. The van der Waals surface area contributed by atoms with Gasteiger partial charge >= 0.3 is 0 Å². The smallest absolute Gasteiger partial charge is 0.134 e. The molecule has 0 aliphatic carbocycles. The van der Waals surface area contributed by atoms with Gasteiger partial charge in [-0.1, -0.05) is 48.0 Å². The Morgan fingerprint density at radius 1 is 1.05 bits per heavy atom. The van der Waals surface area contributed by atoms with Gasteiger partial charge in [0.2, 0.25) is 0 Å². The van der Waals surface area contributed by atoms with Crippen LogP contribution < -0.4 is 0 Å². The van der Waals surface area contributed by atoms with Crippen molar-refractivity contribution in [2.45, 2.75) is 19.4 Å². The first-order valence-corrected chi connectivity index (χ1v) is 6.44. The minimum Gasteiger partial charge on any atom is -0.458 e. The summed E-state index contributed by atoms with van der Waals surface area (Å²) in [6.07, 6.45) is -0.0322. The normalized spacial score (nSPS) is 12.7. The van der Waals surface area contributed by atoms with E-state index in [0.29, 0.717) is 12.2 Å². The molecule has 0 aliphatic heterocycles. The van der Waals surface area contributed by atoms with Gasteiger partial charge in [0, 0.05) is 11.8 Å². The Morgan fingerprint density at radius 3 is 2.53 bits per heavy atom. The maximum atomic E-state index is 10.3. The molecule has 0 fully saturated rings. The topological polar surface area (TPSA) is 33.4 Å². The maximum Gasteiger partial charge on any atom is 0.134 e. The largest absolute Gasteiger partial charge is 0.458 e. The maximum absolute atomic E-state index is 10.3. The third kappa shape index (κ3) is 2.54. The van der Waals surface area contributed by atoms with E-state index in [4.69, 9.17) is 4.42 Å². The van der Waals surface area contributed by atoms with Crippen LogP contribution in [-0.2, 0) is 6.42 Å². The summed E-state index contributed by atoms with van der Waals surface area (Å²) < 4.78 is 5.68. The molecule has 0 saturated heterocycles. The molecule has 0 amide bonds. The number of furan rings is 1. The van der Waals surface area contributed by atoms with Crippen LogP contribution in [0.4, 0.5) is 0 Å². The van der Waals surface area contributed by atoms with Crippen molar-refractivity contribution >= 4 is 11.0 Å². The van der Waals surface area contributed by atoms with E-state index in [0.717, 1.165) is 16.5 Å². The van der Waals surface area contributed by atoms with Crippen molar-refractivity contribution in [2.75, 3.05) is 0 Å². The van der Waals surface area contributed by atoms with Gasteiger partial charge in [-0.15, -0.1) is 0 Å².